The number of hydrogen-bond acceptors (Lipinski definition) is 6. The Labute approximate surface area is 168 Å². The van der Waals surface area contributed by atoms with Crippen LogP contribution < -0.4 is 11.1 Å². The van der Waals surface area contributed by atoms with Gasteiger partial charge in [-0.1, -0.05) is 18.2 Å². The monoisotopic (exact) mass is 401 g/mol. The van der Waals surface area contributed by atoms with Crippen LogP contribution in [0, 0.1) is 10.1 Å². The molecule has 2 aromatic carbocycles. The number of rotatable bonds is 2. The second-order valence-electron chi connectivity index (χ2n) is 6.80. The number of benzene rings is 2. The van der Waals surface area contributed by atoms with Crippen molar-refractivity contribution in [2.45, 2.75) is 18.5 Å². The number of amidine groups is 1. The van der Waals surface area contributed by atoms with E-state index in [0.29, 0.717) is 37.3 Å². The van der Waals surface area contributed by atoms with Crippen molar-refractivity contribution in [3.63, 3.8) is 0 Å². The van der Waals surface area contributed by atoms with Crippen LogP contribution in [0.4, 0.5) is 11.4 Å². The van der Waals surface area contributed by atoms with Gasteiger partial charge in [-0.3, -0.25) is 14.9 Å². The maximum atomic E-state index is 12.7. The molecule has 1 fully saturated rings. The molecule has 0 bridgehead atoms. The highest BCUT2D eigenvalue weighted by molar-refractivity contribution is 6.04. The van der Waals surface area contributed by atoms with E-state index in [1.54, 1.807) is 11.0 Å². The standard InChI is InChI=1S/C19H19N5O3.ClH/c20-17-15-6-1-2-7-16(15)21-19(22-17)8-10-23(11-9-19)18(25)13-4-3-5-14(12-13)24(26)27;/h1-7,12,21H,8-11H2,(H2,20,22);1H. The Morgan fingerprint density at radius 3 is 2.61 bits per heavy atom. The molecule has 0 radical (unpaired) electrons. The summed E-state index contributed by atoms with van der Waals surface area (Å²) in [5.74, 6) is 0.296. The number of anilines is 1. The molecule has 0 aromatic heterocycles. The second-order valence-corrected chi connectivity index (χ2v) is 6.80. The van der Waals surface area contributed by atoms with Gasteiger partial charge in [0.1, 0.15) is 11.5 Å². The quantitative estimate of drug-likeness (QED) is 0.593. The van der Waals surface area contributed by atoms with Gasteiger partial charge in [-0.05, 0) is 18.2 Å². The Morgan fingerprint density at radius 1 is 1.18 bits per heavy atom. The second kappa shape index (κ2) is 7.47. The van der Waals surface area contributed by atoms with Gasteiger partial charge < -0.3 is 16.0 Å². The Balaban J connectivity index is 0.00000225. The minimum Gasteiger partial charge on any atom is -0.383 e. The summed E-state index contributed by atoms with van der Waals surface area (Å²) in [4.78, 5) is 29.5. The molecule has 2 heterocycles. The van der Waals surface area contributed by atoms with E-state index >= 15 is 0 Å². The van der Waals surface area contributed by atoms with Gasteiger partial charge in [0.05, 0.1) is 4.92 Å². The molecule has 3 N–H and O–H groups in total. The molecule has 9 heteroatoms. The molecule has 2 aromatic rings. The fourth-order valence-electron chi connectivity index (χ4n) is 3.64. The zero-order valence-electron chi connectivity index (χ0n) is 15.0. The SMILES string of the molecule is Cl.NC1=NC2(CCN(C(=O)c3cccc([N+](=O)[O-])c3)CC2)Nc2ccccc21. The summed E-state index contributed by atoms with van der Waals surface area (Å²) in [6.07, 6.45) is 1.23. The van der Waals surface area contributed by atoms with Crippen LogP contribution in [0.3, 0.4) is 0 Å². The minimum atomic E-state index is -0.516. The first-order valence-corrected chi connectivity index (χ1v) is 8.74. The summed E-state index contributed by atoms with van der Waals surface area (Å²) >= 11 is 0. The number of nitro groups is 1. The largest absolute Gasteiger partial charge is 0.383 e. The molecular weight excluding hydrogens is 382 g/mol. The molecule has 1 spiro atoms. The van der Waals surface area contributed by atoms with Crippen molar-refractivity contribution in [2.24, 2.45) is 10.7 Å². The van der Waals surface area contributed by atoms with Crippen molar-refractivity contribution < 1.29 is 9.72 Å². The first kappa shape index (κ1) is 19.6. The fraction of sp³-hybridized carbons (Fsp3) is 0.263. The number of hydrogen-bond donors (Lipinski definition) is 2. The van der Waals surface area contributed by atoms with E-state index in [2.05, 4.69) is 10.3 Å². The number of carbonyl (C=O) groups is 1. The van der Waals surface area contributed by atoms with Crippen LogP contribution in [-0.2, 0) is 0 Å². The summed E-state index contributed by atoms with van der Waals surface area (Å²) < 4.78 is 0. The van der Waals surface area contributed by atoms with Gasteiger partial charge in [0.25, 0.3) is 11.6 Å². The van der Waals surface area contributed by atoms with Crippen molar-refractivity contribution in [2.75, 3.05) is 18.4 Å². The van der Waals surface area contributed by atoms with Gasteiger partial charge in [-0.2, -0.15) is 0 Å². The molecule has 8 nitrogen and oxygen atoms in total. The average molecular weight is 402 g/mol. The van der Waals surface area contributed by atoms with Crippen molar-refractivity contribution in [1.29, 1.82) is 0 Å². The molecule has 4 rings (SSSR count). The van der Waals surface area contributed by atoms with Crippen LogP contribution in [-0.4, -0.2) is 40.3 Å². The van der Waals surface area contributed by atoms with E-state index < -0.39 is 10.6 Å². The van der Waals surface area contributed by atoms with Gasteiger partial charge in [0, 0.05) is 54.9 Å². The summed E-state index contributed by atoms with van der Waals surface area (Å²) in [6.45, 7) is 0.987. The molecule has 146 valence electrons. The third kappa shape index (κ3) is 3.50. The van der Waals surface area contributed by atoms with Crippen LogP contribution in [0.5, 0.6) is 0 Å². The molecule has 1 amide bonds. The van der Waals surface area contributed by atoms with Crippen LogP contribution in [0.2, 0.25) is 0 Å². The molecule has 1 saturated heterocycles. The average Bonchev–Trinajstić information content (AvgIpc) is 2.68. The highest BCUT2D eigenvalue weighted by atomic mass is 35.5. The lowest BCUT2D eigenvalue weighted by Gasteiger charge is -2.42. The smallest absolute Gasteiger partial charge is 0.270 e. The lowest BCUT2D eigenvalue weighted by Crippen LogP contribution is -2.52. The maximum absolute atomic E-state index is 12.7. The number of amides is 1. The molecule has 0 saturated carbocycles. The van der Waals surface area contributed by atoms with Gasteiger partial charge in [0.2, 0.25) is 0 Å². The number of fused-ring (bicyclic) bond motifs is 1. The summed E-state index contributed by atoms with van der Waals surface area (Å²) in [6, 6.07) is 13.6. The zero-order valence-corrected chi connectivity index (χ0v) is 15.8. The van der Waals surface area contributed by atoms with Crippen molar-refractivity contribution >= 4 is 35.5 Å². The van der Waals surface area contributed by atoms with Crippen LogP contribution >= 0.6 is 12.4 Å². The van der Waals surface area contributed by atoms with Gasteiger partial charge in [-0.25, -0.2) is 4.99 Å². The first-order chi connectivity index (χ1) is 13.0. The third-order valence-corrected chi connectivity index (χ3v) is 5.09. The molecule has 0 unspecified atom stereocenters. The Hall–Kier alpha value is -3.13. The highest BCUT2D eigenvalue weighted by Crippen LogP contribution is 2.34. The number of para-hydroxylation sites is 1. The topological polar surface area (TPSA) is 114 Å². The van der Waals surface area contributed by atoms with E-state index in [0.717, 1.165) is 11.3 Å². The molecule has 0 aliphatic carbocycles. The number of nitrogens with one attached hydrogen (secondary N) is 1. The molecule has 28 heavy (non-hydrogen) atoms. The number of likely N-dealkylation sites (tertiary alicyclic amines) is 1. The molecule has 2 aliphatic rings. The molecule has 0 atom stereocenters. The predicted octanol–water partition coefficient (Wildman–Crippen LogP) is 2.78. The van der Waals surface area contributed by atoms with Crippen molar-refractivity contribution in [3.8, 4) is 0 Å². The molecule has 2 aliphatic heterocycles. The summed E-state index contributed by atoms with van der Waals surface area (Å²) in [5.41, 5.74) is 7.71. The Kier molecular flexibility index (Phi) is 5.24. The van der Waals surface area contributed by atoms with Gasteiger partial charge in [-0.15, -0.1) is 12.4 Å². The van der Waals surface area contributed by atoms with Gasteiger partial charge in [0.15, 0.2) is 0 Å². The van der Waals surface area contributed by atoms with E-state index in [1.165, 1.54) is 18.2 Å². The van der Waals surface area contributed by atoms with E-state index in [4.69, 9.17) is 5.73 Å². The van der Waals surface area contributed by atoms with E-state index in [1.807, 2.05) is 24.3 Å². The van der Waals surface area contributed by atoms with Crippen LogP contribution in [0.1, 0.15) is 28.8 Å². The number of nitro benzene ring substituents is 1. The summed E-state index contributed by atoms with van der Waals surface area (Å²) in [7, 11) is 0. The van der Waals surface area contributed by atoms with E-state index in [-0.39, 0.29) is 24.0 Å². The Bertz CT molecular complexity index is 954. The number of aliphatic imine (C=N–C) groups is 1. The van der Waals surface area contributed by atoms with Crippen LogP contribution in [0.25, 0.3) is 0 Å². The van der Waals surface area contributed by atoms with Crippen molar-refractivity contribution in [3.05, 3.63) is 69.8 Å². The fourth-order valence-corrected chi connectivity index (χ4v) is 3.64. The lowest BCUT2D eigenvalue weighted by molar-refractivity contribution is -0.384. The lowest BCUT2D eigenvalue weighted by atomic mass is 9.93. The Morgan fingerprint density at radius 2 is 1.89 bits per heavy atom. The van der Waals surface area contributed by atoms with Gasteiger partial charge >= 0.3 is 0 Å². The maximum Gasteiger partial charge on any atom is 0.270 e. The number of nitrogens with zero attached hydrogens (tertiary/aromatic N) is 3. The number of halogens is 1. The third-order valence-electron chi connectivity index (χ3n) is 5.09. The minimum absolute atomic E-state index is 0. The number of piperidine rings is 1. The number of carbonyl (C=O) groups excluding carboxylic acids is 1. The normalized spacial score (nSPS) is 17.0. The number of non-ortho nitro benzene ring substituents is 1. The highest BCUT2D eigenvalue weighted by Gasteiger charge is 2.38. The van der Waals surface area contributed by atoms with Crippen molar-refractivity contribution in [1.82, 2.24) is 4.90 Å². The first-order valence-electron chi connectivity index (χ1n) is 8.74. The molecular formula is C19H20ClN5O3. The summed E-state index contributed by atoms with van der Waals surface area (Å²) in [5, 5.41) is 14.4. The van der Waals surface area contributed by atoms with E-state index in [9.17, 15) is 14.9 Å². The van der Waals surface area contributed by atoms with Crippen LogP contribution in [0.15, 0.2) is 53.5 Å². The predicted molar refractivity (Wildman–Crippen MR) is 109 cm³/mol. The number of nitrogens with two attached hydrogens (primary N) is 1. The zero-order chi connectivity index (χ0) is 19.0.